The summed E-state index contributed by atoms with van der Waals surface area (Å²) in [5.74, 6) is 2.21. The largest absolute Gasteiger partial charge is 0.410 e. The zero-order chi connectivity index (χ0) is 6.91. The second-order valence-corrected chi connectivity index (χ2v) is 10.1. The molecule has 1 aliphatic rings. The monoisotopic (exact) mass is 162 g/mol. The lowest BCUT2D eigenvalue weighted by molar-refractivity contribution is 0.414. The molecule has 0 radical (unpaired) electrons. The molecule has 2 unspecified atom stereocenters. The van der Waals surface area contributed by atoms with E-state index in [1.807, 2.05) is 7.11 Å². The van der Waals surface area contributed by atoms with Gasteiger partial charge in [0, 0.05) is 7.11 Å². The van der Waals surface area contributed by atoms with Gasteiger partial charge in [-0.25, -0.2) is 0 Å². The minimum Gasteiger partial charge on any atom is -0.410 e. The zero-order valence-electron chi connectivity index (χ0n) is 6.31. The molecule has 0 aromatic rings. The predicted molar refractivity (Wildman–Crippen MR) is 45.1 cm³/mol. The molecule has 1 nitrogen and oxygen atoms in total. The molecule has 3 heteroatoms. The van der Waals surface area contributed by atoms with Crippen LogP contribution in [0.25, 0.3) is 0 Å². The molecule has 9 heavy (non-hydrogen) atoms. The first-order valence-electron chi connectivity index (χ1n) is 3.35. The van der Waals surface area contributed by atoms with Crippen LogP contribution >= 0.6 is 11.2 Å². The highest BCUT2D eigenvalue weighted by Crippen LogP contribution is 2.38. The second kappa shape index (κ2) is 2.64. The summed E-state index contributed by atoms with van der Waals surface area (Å²) in [5.41, 5.74) is 0. The van der Waals surface area contributed by atoms with Gasteiger partial charge in [0.25, 0.3) is 7.47 Å². The smallest absolute Gasteiger partial charge is 0.250 e. The van der Waals surface area contributed by atoms with Gasteiger partial charge in [-0.15, -0.1) is 0 Å². The third-order valence-electron chi connectivity index (χ3n) is 1.82. The standard InChI is InChI=1S/C6H14OSSi/c1-6-4-8-9(3,5-6)7-2/h6H,4-5H2,1-3H3. The van der Waals surface area contributed by atoms with Crippen molar-refractivity contribution in [3.05, 3.63) is 0 Å². The lowest BCUT2D eigenvalue weighted by atomic mass is 10.3. The van der Waals surface area contributed by atoms with Crippen molar-refractivity contribution < 1.29 is 4.43 Å². The number of hydrogen-bond donors (Lipinski definition) is 0. The predicted octanol–water partition coefficient (Wildman–Crippen LogP) is 2.09. The van der Waals surface area contributed by atoms with Crippen molar-refractivity contribution in [2.75, 3.05) is 12.9 Å². The van der Waals surface area contributed by atoms with Gasteiger partial charge in [-0.3, -0.25) is 0 Å². The topological polar surface area (TPSA) is 9.23 Å². The van der Waals surface area contributed by atoms with Crippen molar-refractivity contribution in [3.63, 3.8) is 0 Å². The molecule has 0 amide bonds. The summed E-state index contributed by atoms with van der Waals surface area (Å²) in [4.78, 5) is 0. The minimum absolute atomic E-state index is 0.895. The first-order valence-corrected chi connectivity index (χ1v) is 7.68. The molecule has 1 heterocycles. The zero-order valence-corrected chi connectivity index (χ0v) is 8.12. The van der Waals surface area contributed by atoms with Crippen molar-refractivity contribution >= 4 is 18.7 Å². The Morgan fingerprint density at radius 3 is 2.56 bits per heavy atom. The summed E-state index contributed by atoms with van der Waals surface area (Å²) < 4.78 is 5.47. The number of hydrogen-bond acceptors (Lipinski definition) is 2. The molecule has 0 aromatic heterocycles. The van der Waals surface area contributed by atoms with E-state index in [9.17, 15) is 0 Å². The van der Waals surface area contributed by atoms with Crippen molar-refractivity contribution in [2.24, 2.45) is 5.92 Å². The Morgan fingerprint density at radius 1 is 1.67 bits per heavy atom. The van der Waals surface area contributed by atoms with Crippen LogP contribution < -0.4 is 0 Å². The Morgan fingerprint density at radius 2 is 2.33 bits per heavy atom. The van der Waals surface area contributed by atoms with Crippen LogP contribution in [0.2, 0.25) is 12.6 Å². The summed E-state index contributed by atoms with van der Waals surface area (Å²) in [7, 11) is 0.652. The highest BCUT2D eigenvalue weighted by atomic mass is 32.4. The molecular weight excluding hydrogens is 148 g/mol. The van der Waals surface area contributed by atoms with Crippen LogP contribution in [0.4, 0.5) is 0 Å². The molecule has 2 atom stereocenters. The molecular formula is C6H14OSSi. The summed E-state index contributed by atoms with van der Waals surface area (Å²) in [6.07, 6.45) is 0. The Hall–Kier alpha value is 0.527. The molecule has 1 rings (SSSR count). The molecule has 1 aliphatic heterocycles. The highest BCUT2D eigenvalue weighted by Gasteiger charge is 2.36. The highest BCUT2D eigenvalue weighted by molar-refractivity contribution is 8.28. The fraction of sp³-hybridized carbons (Fsp3) is 1.00. The fourth-order valence-electron chi connectivity index (χ4n) is 1.21. The van der Waals surface area contributed by atoms with Gasteiger partial charge in [-0.1, -0.05) is 6.92 Å². The maximum absolute atomic E-state index is 5.47. The lowest BCUT2D eigenvalue weighted by Crippen LogP contribution is -2.25. The third kappa shape index (κ3) is 1.72. The normalized spacial score (nSPS) is 43.7. The average Bonchev–Trinajstić information content (AvgIpc) is 2.13. The molecule has 1 fully saturated rings. The minimum atomic E-state index is -1.21. The second-order valence-electron chi connectivity index (χ2n) is 2.96. The average molecular weight is 162 g/mol. The Balaban J connectivity index is 2.45. The third-order valence-corrected chi connectivity index (χ3v) is 8.80. The van der Waals surface area contributed by atoms with E-state index in [1.54, 1.807) is 0 Å². The van der Waals surface area contributed by atoms with E-state index in [4.69, 9.17) is 4.43 Å². The summed E-state index contributed by atoms with van der Waals surface area (Å²) in [6.45, 7) is 4.62. The van der Waals surface area contributed by atoms with Crippen LogP contribution in [0.15, 0.2) is 0 Å². The van der Waals surface area contributed by atoms with Crippen LogP contribution in [0.3, 0.4) is 0 Å². The van der Waals surface area contributed by atoms with Gasteiger partial charge in [0.15, 0.2) is 0 Å². The van der Waals surface area contributed by atoms with E-state index in [0.717, 1.165) is 5.92 Å². The van der Waals surface area contributed by atoms with Crippen LogP contribution in [-0.2, 0) is 4.43 Å². The molecule has 1 saturated heterocycles. The summed E-state index contributed by atoms with van der Waals surface area (Å²) in [5, 5.41) is 0. The van der Waals surface area contributed by atoms with Crippen LogP contribution in [0, 0.1) is 5.92 Å². The molecule has 0 spiro atoms. The first-order chi connectivity index (χ1) is 4.16. The van der Waals surface area contributed by atoms with Gasteiger partial charge in [-0.05, 0) is 24.3 Å². The van der Waals surface area contributed by atoms with Crippen LogP contribution in [0.1, 0.15) is 6.92 Å². The number of rotatable bonds is 1. The van der Waals surface area contributed by atoms with Gasteiger partial charge < -0.3 is 4.43 Å². The van der Waals surface area contributed by atoms with E-state index in [-0.39, 0.29) is 0 Å². The van der Waals surface area contributed by atoms with E-state index >= 15 is 0 Å². The Labute approximate surface area is 61.9 Å². The van der Waals surface area contributed by atoms with Gasteiger partial charge in [0.1, 0.15) is 0 Å². The maximum atomic E-state index is 5.47. The molecule has 0 saturated carbocycles. The molecule has 54 valence electrons. The van der Waals surface area contributed by atoms with Crippen molar-refractivity contribution in [1.29, 1.82) is 0 Å². The Bertz CT molecular complexity index is 109. The lowest BCUT2D eigenvalue weighted by Gasteiger charge is -2.16. The summed E-state index contributed by atoms with van der Waals surface area (Å²) >= 11 is 2.07. The van der Waals surface area contributed by atoms with Gasteiger partial charge >= 0.3 is 0 Å². The summed E-state index contributed by atoms with van der Waals surface area (Å²) in [6, 6.07) is 1.34. The van der Waals surface area contributed by atoms with Gasteiger partial charge in [-0.2, -0.15) is 11.2 Å². The van der Waals surface area contributed by atoms with E-state index in [2.05, 4.69) is 24.7 Å². The fourth-order valence-corrected chi connectivity index (χ4v) is 7.46. The van der Waals surface area contributed by atoms with E-state index in [1.165, 1.54) is 11.8 Å². The van der Waals surface area contributed by atoms with Gasteiger partial charge in [0.05, 0.1) is 0 Å². The molecule has 0 N–H and O–H groups in total. The molecule has 0 bridgehead atoms. The van der Waals surface area contributed by atoms with Crippen molar-refractivity contribution in [3.8, 4) is 0 Å². The van der Waals surface area contributed by atoms with Crippen LogP contribution in [0.5, 0.6) is 0 Å². The SMILES string of the molecule is CO[Si]1(C)CC(C)CS1. The molecule has 0 aliphatic carbocycles. The Kier molecular flexibility index (Phi) is 2.24. The van der Waals surface area contributed by atoms with Crippen molar-refractivity contribution in [1.82, 2.24) is 0 Å². The van der Waals surface area contributed by atoms with Crippen molar-refractivity contribution in [2.45, 2.75) is 19.5 Å². The van der Waals surface area contributed by atoms with Crippen LogP contribution in [-0.4, -0.2) is 20.3 Å². The van der Waals surface area contributed by atoms with E-state index in [0.29, 0.717) is 0 Å². The maximum Gasteiger partial charge on any atom is 0.250 e. The molecule has 0 aromatic carbocycles. The van der Waals surface area contributed by atoms with E-state index < -0.39 is 7.47 Å². The van der Waals surface area contributed by atoms with Gasteiger partial charge in [0.2, 0.25) is 0 Å². The first kappa shape index (κ1) is 7.63. The quantitative estimate of drug-likeness (QED) is 0.546.